The number of nitro benzene ring substituents is 2. The quantitative estimate of drug-likeness (QED) is 0.120. The lowest BCUT2D eigenvalue weighted by Crippen LogP contribution is -2.19. The predicted octanol–water partition coefficient (Wildman–Crippen LogP) is 7.11. The van der Waals surface area contributed by atoms with Crippen LogP contribution in [0.1, 0.15) is 5.56 Å². The van der Waals surface area contributed by atoms with E-state index in [1.54, 1.807) is 36.4 Å². The van der Waals surface area contributed by atoms with Gasteiger partial charge in [0.2, 0.25) is 5.75 Å². The Bertz CT molecular complexity index is 1560. The number of benzene rings is 3. The van der Waals surface area contributed by atoms with Gasteiger partial charge in [-0.3, -0.25) is 25.0 Å². The molecule has 1 aliphatic rings. The molecule has 15 heteroatoms. The van der Waals surface area contributed by atoms with Gasteiger partial charge in [-0.25, -0.2) is 4.99 Å². The van der Waals surface area contributed by atoms with Crippen LogP contribution >= 0.6 is 57.6 Å². The Balaban J connectivity index is 1.64. The first-order valence-electron chi connectivity index (χ1n) is 10.3. The summed E-state index contributed by atoms with van der Waals surface area (Å²) in [5, 5.41) is 26.1. The molecule has 0 aromatic heterocycles. The van der Waals surface area contributed by atoms with E-state index in [0.717, 1.165) is 30.0 Å². The largest absolute Gasteiger partial charge is 0.493 e. The Kier molecular flexibility index (Phi) is 8.40. The molecule has 1 fully saturated rings. The molecule has 1 N–H and O–H groups in total. The van der Waals surface area contributed by atoms with Crippen LogP contribution in [-0.4, -0.2) is 28.0 Å². The van der Waals surface area contributed by atoms with Gasteiger partial charge >= 0.3 is 5.69 Å². The summed E-state index contributed by atoms with van der Waals surface area (Å²) < 4.78 is 11.7. The SMILES string of the molecule is COc1cc(/C=C2/SC(=Nc3cccc(Cl)c3Cl)NC2=O)cc(I)c1Oc1ccc([N+](=O)[O-])cc1[N+](=O)[O-]. The molecule has 0 radical (unpaired) electrons. The molecule has 0 aliphatic carbocycles. The molecule has 194 valence electrons. The molecule has 0 atom stereocenters. The molecule has 0 unspecified atom stereocenters. The van der Waals surface area contributed by atoms with Gasteiger partial charge < -0.3 is 14.8 Å². The zero-order valence-corrected chi connectivity index (χ0v) is 23.4. The second kappa shape index (κ2) is 11.6. The number of carbonyl (C=O) groups excluding carboxylic acids is 1. The Morgan fingerprint density at radius 3 is 2.53 bits per heavy atom. The standard InChI is InChI=1S/C23H13Cl2IN4O7S/c1-36-18-8-11(9-19-22(31)28-23(38-19)27-15-4-2-3-13(24)20(15)25)7-14(26)21(18)37-17-6-5-12(29(32)33)10-16(17)30(34)35/h2-10H,1H3,(H,27,28,31)/b19-9+. The number of thioether (sulfide) groups is 1. The number of rotatable bonds is 7. The molecule has 1 aliphatic heterocycles. The van der Waals surface area contributed by atoms with Gasteiger partial charge in [0.1, 0.15) is 0 Å². The fourth-order valence-electron chi connectivity index (χ4n) is 3.20. The average Bonchev–Trinajstić information content (AvgIpc) is 3.21. The smallest absolute Gasteiger partial charge is 0.318 e. The number of halogens is 3. The summed E-state index contributed by atoms with van der Waals surface area (Å²) in [5.74, 6) is -0.190. The van der Waals surface area contributed by atoms with Crippen molar-refractivity contribution in [1.82, 2.24) is 5.32 Å². The molecule has 1 amide bonds. The van der Waals surface area contributed by atoms with Crippen molar-refractivity contribution in [2.75, 3.05) is 7.11 Å². The van der Waals surface area contributed by atoms with E-state index in [4.69, 9.17) is 32.7 Å². The van der Waals surface area contributed by atoms with E-state index in [-0.39, 0.29) is 28.2 Å². The molecule has 11 nitrogen and oxygen atoms in total. The number of amidine groups is 1. The van der Waals surface area contributed by atoms with Crippen molar-refractivity contribution in [3.8, 4) is 17.2 Å². The van der Waals surface area contributed by atoms with Crippen molar-refractivity contribution in [3.05, 3.63) is 92.8 Å². The molecule has 38 heavy (non-hydrogen) atoms. The number of hydrogen-bond acceptors (Lipinski definition) is 9. The van der Waals surface area contributed by atoms with Gasteiger partial charge in [-0.2, -0.15) is 0 Å². The van der Waals surface area contributed by atoms with Crippen molar-refractivity contribution >= 4 is 91.8 Å². The van der Waals surface area contributed by atoms with Crippen LogP contribution in [0.25, 0.3) is 6.08 Å². The Morgan fingerprint density at radius 2 is 1.84 bits per heavy atom. The third-order valence-electron chi connectivity index (χ3n) is 4.92. The molecule has 3 aromatic carbocycles. The first-order chi connectivity index (χ1) is 18.1. The number of non-ortho nitro benzene ring substituents is 1. The predicted molar refractivity (Wildman–Crippen MR) is 153 cm³/mol. The Hall–Kier alpha value is -3.40. The maximum atomic E-state index is 12.5. The number of nitrogens with one attached hydrogen (secondary N) is 1. The zero-order chi connectivity index (χ0) is 27.6. The number of methoxy groups -OCH3 is 1. The summed E-state index contributed by atoms with van der Waals surface area (Å²) in [5.41, 5.74) is -0.0350. The molecule has 0 bridgehead atoms. The summed E-state index contributed by atoms with van der Waals surface area (Å²) in [6.45, 7) is 0. The number of amides is 1. The van der Waals surface area contributed by atoms with Gasteiger partial charge in [-0.15, -0.1) is 0 Å². The maximum absolute atomic E-state index is 12.5. The Morgan fingerprint density at radius 1 is 1.08 bits per heavy atom. The van der Waals surface area contributed by atoms with Gasteiger partial charge in [0.25, 0.3) is 11.6 Å². The number of ether oxygens (including phenoxy) is 2. The molecule has 0 saturated carbocycles. The third-order valence-corrected chi connectivity index (χ3v) is 7.44. The molecular weight excluding hydrogens is 674 g/mol. The van der Waals surface area contributed by atoms with E-state index >= 15 is 0 Å². The van der Waals surface area contributed by atoms with E-state index in [2.05, 4.69) is 10.3 Å². The second-order valence-electron chi connectivity index (χ2n) is 7.36. The second-order valence-corrected chi connectivity index (χ2v) is 10.3. The summed E-state index contributed by atoms with van der Waals surface area (Å²) in [7, 11) is 1.38. The summed E-state index contributed by atoms with van der Waals surface area (Å²) in [4.78, 5) is 38.2. The van der Waals surface area contributed by atoms with E-state index in [1.807, 2.05) is 22.6 Å². The van der Waals surface area contributed by atoms with Gasteiger partial charge in [0.15, 0.2) is 16.7 Å². The maximum Gasteiger partial charge on any atom is 0.318 e. The van der Waals surface area contributed by atoms with Crippen LogP contribution in [0.15, 0.2) is 58.4 Å². The lowest BCUT2D eigenvalue weighted by Gasteiger charge is -2.13. The van der Waals surface area contributed by atoms with Gasteiger partial charge in [-0.1, -0.05) is 29.3 Å². The average molecular weight is 687 g/mol. The van der Waals surface area contributed by atoms with E-state index in [1.165, 1.54) is 7.11 Å². The van der Waals surface area contributed by atoms with Crippen LogP contribution in [0, 0.1) is 23.8 Å². The third kappa shape index (κ3) is 6.01. The molecule has 4 rings (SSSR count). The van der Waals surface area contributed by atoms with E-state index < -0.39 is 21.2 Å². The summed E-state index contributed by atoms with van der Waals surface area (Å²) in [6.07, 6.45) is 1.62. The minimum Gasteiger partial charge on any atom is -0.493 e. The van der Waals surface area contributed by atoms with Crippen LogP contribution in [-0.2, 0) is 4.79 Å². The van der Waals surface area contributed by atoms with Crippen molar-refractivity contribution in [2.45, 2.75) is 0 Å². The lowest BCUT2D eigenvalue weighted by atomic mass is 10.2. The minimum absolute atomic E-state index is 0.161. The fourth-order valence-corrected chi connectivity index (χ4v) is 5.11. The molecule has 0 spiro atoms. The first-order valence-corrected chi connectivity index (χ1v) is 12.9. The number of hydrogen-bond donors (Lipinski definition) is 1. The van der Waals surface area contributed by atoms with E-state index in [0.29, 0.717) is 29.9 Å². The number of nitro groups is 2. The van der Waals surface area contributed by atoms with Crippen LogP contribution in [0.4, 0.5) is 17.1 Å². The highest BCUT2D eigenvalue weighted by atomic mass is 127. The van der Waals surface area contributed by atoms with Gasteiger partial charge in [0, 0.05) is 6.07 Å². The summed E-state index contributed by atoms with van der Waals surface area (Å²) >= 11 is 15.3. The fraction of sp³-hybridized carbons (Fsp3) is 0.0435. The number of aliphatic imine (C=N–C) groups is 1. The van der Waals surface area contributed by atoms with Crippen molar-refractivity contribution in [3.63, 3.8) is 0 Å². The molecule has 1 heterocycles. The van der Waals surface area contributed by atoms with Crippen LogP contribution in [0.5, 0.6) is 17.2 Å². The normalized spacial score (nSPS) is 15.0. The number of nitrogens with zero attached hydrogens (tertiary/aromatic N) is 3. The first kappa shape index (κ1) is 27.6. The topological polar surface area (TPSA) is 146 Å². The zero-order valence-electron chi connectivity index (χ0n) is 18.9. The number of carbonyl (C=O) groups is 1. The summed E-state index contributed by atoms with van der Waals surface area (Å²) in [6, 6.07) is 11.3. The van der Waals surface area contributed by atoms with Crippen LogP contribution in [0.3, 0.4) is 0 Å². The van der Waals surface area contributed by atoms with E-state index in [9.17, 15) is 25.0 Å². The van der Waals surface area contributed by atoms with Gasteiger partial charge in [-0.05, 0) is 76.3 Å². The molecule has 1 saturated heterocycles. The molecule has 3 aromatic rings. The lowest BCUT2D eigenvalue weighted by molar-refractivity contribution is -0.394. The monoisotopic (exact) mass is 686 g/mol. The Labute approximate surface area is 242 Å². The minimum atomic E-state index is -0.772. The molecular formula is C23H13Cl2IN4O7S. The highest BCUT2D eigenvalue weighted by molar-refractivity contribution is 14.1. The van der Waals surface area contributed by atoms with Crippen molar-refractivity contribution in [2.24, 2.45) is 4.99 Å². The van der Waals surface area contributed by atoms with Crippen LogP contribution in [0.2, 0.25) is 10.0 Å². The van der Waals surface area contributed by atoms with Crippen LogP contribution < -0.4 is 14.8 Å². The highest BCUT2D eigenvalue weighted by Gasteiger charge is 2.26. The van der Waals surface area contributed by atoms with Crippen molar-refractivity contribution < 1.29 is 24.1 Å². The highest BCUT2D eigenvalue weighted by Crippen LogP contribution is 2.42. The van der Waals surface area contributed by atoms with Gasteiger partial charge in [0.05, 0.1) is 47.2 Å². The van der Waals surface area contributed by atoms with Crippen molar-refractivity contribution in [1.29, 1.82) is 0 Å².